The number of phenolic OH excluding ortho intramolecular Hbond substituents is 1. The van der Waals surface area contributed by atoms with Crippen molar-refractivity contribution in [2.24, 2.45) is 0 Å². The molecule has 1 aromatic rings. The Hall–Kier alpha value is -2.00. The lowest BCUT2D eigenvalue weighted by Gasteiger charge is -2.04. The third kappa shape index (κ3) is 1.60. The molecule has 0 aliphatic rings. The molecular formula is C10H8N2O. The first-order valence-electron chi connectivity index (χ1n) is 3.79. The zero-order valence-corrected chi connectivity index (χ0v) is 7.20. The highest BCUT2D eigenvalue weighted by Crippen LogP contribution is 2.24. The Morgan fingerprint density at radius 2 is 2.08 bits per heavy atom. The van der Waals surface area contributed by atoms with Crippen LogP contribution >= 0.6 is 0 Å². The topological polar surface area (TPSA) is 67.8 Å². The third-order valence-electron chi connectivity index (χ3n) is 1.93. The van der Waals surface area contributed by atoms with Gasteiger partial charge in [-0.1, -0.05) is 6.07 Å². The summed E-state index contributed by atoms with van der Waals surface area (Å²) in [4.78, 5) is 0. The molecule has 0 unspecified atom stereocenters. The maximum Gasteiger partial charge on any atom is 0.136 e. The van der Waals surface area contributed by atoms with Gasteiger partial charge in [-0.05, 0) is 24.1 Å². The SMILES string of the molecule is Cc1c(CC#N)ccc(C#N)c1O. The van der Waals surface area contributed by atoms with Gasteiger partial charge in [0.15, 0.2) is 0 Å². The van der Waals surface area contributed by atoms with E-state index in [2.05, 4.69) is 0 Å². The van der Waals surface area contributed by atoms with Gasteiger partial charge in [-0.2, -0.15) is 10.5 Å². The van der Waals surface area contributed by atoms with Crippen LogP contribution in [-0.4, -0.2) is 5.11 Å². The number of rotatable bonds is 1. The van der Waals surface area contributed by atoms with Crippen LogP contribution in [0, 0.1) is 29.6 Å². The standard InChI is InChI=1S/C10H8N2O/c1-7-8(4-5-11)2-3-9(6-12)10(7)13/h2-3,13H,4H2,1H3. The number of nitriles is 2. The zero-order valence-electron chi connectivity index (χ0n) is 7.20. The van der Waals surface area contributed by atoms with Gasteiger partial charge in [0.25, 0.3) is 0 Å². The maximum absolute atomic E-state index is 9.47. The van der Waals surface area contributed by atoms with E-state index in [9.17, 15) is 5.11 Å². The minimum atomic E-state index is -0.0183. The minimum Gasteiger partial charge on any atom is -0.506 e. The Bertz CT molecular complexity index is 410. The van der Waals surface area contributed by atoms with Crippen LogP contribution < -0.4 is 0 Å². The summed E-state index contributed by atoms with van der Waals surface area (Å²) in [5.41, 5.74) is 1.62. The fourth-order valence-corrected chi connectivity index (χ4v) is 1.11. The molecule has 0 radical (unpaired) electrons. The molecule has 0 spiro atoms. The lowest BCUT2D eigenvalue weighted by atomic mass is 10.0. The first-order valence-corrected chi connectivity index (χ1v) is 3.79. The van der Waals surface area contributed by atoms with Gasteiger partial charge >= 0.3 is 0 Å². The van der Waals surface area contributed by atoms with Crippen molar-refractivity contribution in [1.29, 1.82) is 10.5 Å². The Kier molecular flexibility index (Phi) is 2.52. The smallest absolute Gasteiger partial charge is 0.136 e. The quantitative estimate of drug-likeness (QED) is 0.700. The fourth-order valence-electron chi connectivity index (χ4n) is 1.11. The van der Waals surface area contributed by atoms with E-state index in [1.54, 1.807) is 13.0 Å². The first kappa shape index (κ1) is 9.09. The summed E-state index contributed by atoms with van der Waals surface area (Å²) in [6.45, 7) is 1.70. The second kappa shape index (κ2) is 3.60. The van der Waals surface area contributed by atoms with Gasteiger partial charge in [-0.15, -0.1) is 0 Å². The normalized spacial score (nSPS) is 8.85. The minimum absolute atomic E-state index is 0.0183. The van der Waals surface area contributed by atoms with Crippen LogP contribution in [0.1, 0.15) is 16.7 Å². The molecule has 0 heterocycles. The van der Waals surface area contributed by atoms with E-state index in [1.165, 1.54) is 6.07 Å². The van der Waals surface area contributed by atoms with Crippen molar-refractivity contribution < 1.29 is 5.11 Å². The number of hydrogen-bond donors (Lipinski definition) is 1. The Morgan fingerprint density at radius 1 is 1.38 bits per heavy atom. The highest BCUT2D eigenvalue weighted by molar-refractivity contribution is 5.50. The number of hydrogen-bond acceptors (Lipinski definition) is 3. The molecule has 64 valence electrons. The lowest BCUT2D eigenvalue weighted by molar-refractivity contribution is 0.468. The van der Waals surface area contributed by atoms with E-state index in [4.69, 9.17) is 10.5 Å². The van der Waals surface area contributed by atoms with E-state index in [0.717, 1.165) is 5.56 Å². The molecule has 0 fully saturated rings. The zero-order chi connectivity index (χ0) is 9.84. The average Bonchev–Trinajstić information content (AvgIpc) is 2.14. The molecule has 0 amide bonds. The molecule has 13 heavy (non-hydrogen) atoms. The van der Waals surface area contributed by atoms with E-state index < -0.39 is 0 Å². The maximum atomic E-state index is 9.47. The van der Waals surface area contributed by atoms with Crippen molar-refractivity contribution >= 4 is 0 Å². The molecule has 0 atom stereocenters. The number of phenols is 1. The van der Waals surface area contributed by atoms with Crippen LogP contribution in [0.25, 0.3) is 0 Å². The van der Waals surface area contributed by atoms with Crippen LogP contribution in [0.4, 0.5) is 0 Å². The molecule has 0 aliphatic heterocycles. The van der Waals surface area contributed by atoms with Gasteiger partial charge < -0.3 is 5.11 Å². The summed E-state index contributed by atoms with van der Waals surface area (Å²) >= 11 is 0. The predicted octanol–water partition coefficient (Wildman–Crippen LogP) is 1.64. The van der Waals surface area contributed by atoms with Crippen LogP contribution in [0.5, 0.6) is 5.75 Å². The molecule has 1 rings (SSSR count). The molecule has 0 aromatic heterocycles. The molecule has 3 nitrogen and oxygen atoms in total. The van der Waals surface area contributed by atoms with Gasteiger partial charge in [0.05, 0.1) is 18.1 Å². The molecule has 3 heteroatoms. The number of aromatic hydroxyl groups is 1. The van der Waals surface area contributed by atoms with Crippen molar-refractivity contribution in [3.05, 3.63) is 28.8 Å². The number of benzene rings is 1. The van der Waals surface area contributed by atoms with Crippen molar-refractivity contribution in [2.45, 2.75) is 13.3 Å². The van der Waals surface area contributed by atoms with Crippen LogP contribution in [-0.2, 0) is 6.42 Å². The van der Waals surface area contributed by atoms with E-state index >= 15 is 0 Å². The van der Waals surface area contributed by atoms with Gasteiger partial charge in [-0.25, -0.2) is 0 Å². The lowest BCUT2D eigenvalue weighted by Crippen LogP contribution is -1.90. The molecule has 0 aliphatic carbocycles. The van der Waals surface area contributed by atoms with Crippen LogP contribution in [0.3, 0.4) is 0 Å². The molecule has 0 saturated carbocycles. The van der Waals surface area contributed by atoms with E-state index in [0.29, 0.717) is 5.56 Å². The predicted molar refractivity (Wildman–Crippen MR) is 46.9 cm³/mol. The molecule has 1 N–H and O–H groups in total. The van der Waals surface area contributed by atoms with E-state index in [-0.39, 0.29) is 17.7 Å². The second-order valence-electron chi connectivity index (χ2n) is 2.69. The van der Waals surface area contributed by atoms with E-state index in [1.807, 2.05) is 12.1 Å². The van der Waals surface area contributed by atoms with Gasteiger partial charge in [0.2, 0.25) is 0 Å². The Labute approximate surface area is 76.5 Å². The third-order valence-corrected chi connectivity index (χ3v) is 1.93. The molecular weight excluding hydrogens is 164 g/mol. The summed E-state index contributed by atoms with van der Waals surface area (Å²) in [6.07, 6.45) is 0.255. The van der Waals surface area contributed by atoms with Gasteiger partial charge in [0, 0.05) is 0 Å². The average molecular weight is 172 g/mol. The van der Waals surface area contributed by atoms with Gasteiger partial charge in [0.1, 0.15) is 11.8 Å². The Morgan fingerprint density at radius 3 is 2.62 bits per heavy atom. The highest BCUT2D eigenvalue weighted by atomic mass is 16.3. The first-order chi connectivity index (χ1) is 6.20. The highest BCUT2D eigenvalue weighted by Gasteiger charge is 2.07. The van der Waals surface area contributed by atoms with Crippen molar-refractivity contribution in [1.82, 2.24) is 0 Å². The van der Waals surface area contributed by atoms with Crippen molar-refractivity contribution in [3.63, 3.8) is 0 Å². The summed E-state index contributed by atoms with van der Waals surface area (Å²) in [6, 6.07) is 7.08. The summed E-state index contributed by atoms with van der Waals surface area (Å²) in [5, 5.41) is 26.5. The largest absolute Gasteiger partial charge is 0.506 e. The summed E-state index contributed by atoms with van der Waals surface area (Å²) < 4.78 is 0. The van der Waals surface area contributed by atoms with Crippen LogP contribution in [0.2, 0.25) is 0 Å². The monoisotopic (exact) mass is 172 g/mol. The molecule has 1 aromatic carbocycles. The Balaban J connectivity index is 3.27. The second-order valence-corrected chi connectivity index (χ2v) is 2.69. The number of nitrogens with zero attached hydrogens (tertiary/aromatic N) is 2. The van der Waals surface area contributed by atoms with Crippen LogP contribution in [0.15, 0.2) is 12.1 Å². The molecule has 0 bridgehead atoms. The van der Waals surface area contributed by atoms with Crippen molar-refractivity contribution in [3.8, 4) is 17.9 Å². The summed E-state index contributed by atoms with van der Waals surface area (Å²) in [7, 11) is 0. The van der Waals surface area contributed by atoms with Crippen molar-refractivity contribution in [2.75, 3.05) is 0 Å². The molecule has 0 saturated heterocycles. The van der Waals surface area contributed by atoms with Gasteiger partial charge in [-0.3, -0.25) is 0 Å². The summed E-state index contributed by atoms with van der Waals surface area (Å²) in [5.74, 6) is -0.0183. The fraction of sp³-hybridized carbons (Fsp3) is 0.200.